The quantitative estimate of drug-likeness (QED) is 0.207. The SMILES string of the molecule is CC(O)C#CC#Cc1ccc(-c2cc(C(=O)NO)c3c[n+]([O-])ccc3n2)cc1. The lowest BCUT2D eigenvalue weighted by atomic mass is 10.0. The highest BCUT2D eigenvalue weighted by Gasteiger charge is 2.15. The molecular formula is C21H15N3O4. The minimum Gasteiger partial charge on any atom is -0.619 e. The molecule has 1 aromatic carbocycles. The van der Waals surface area contributed by atoms with E-state index in [2.05, 4.69) is 28.7 Å². The molecule has 3 N–H and O–H groups in total. The molecule has 0 fully saturated rings. The average Bonchev–Trinajstić information content (AvgIpc) is 2.70. The third-order valence-corrected chi connectivity index (χ3v) is 3.80. The molecular weight excluding hydrogens is 358 g/mol. The summed E-state index contributed by atoms with van der Waals surface area (Å²) in [5, 5.41) is 29.9. The van der Waals surface area contributed by atoms with E-state index in [1.54, 1.807) is 36.7 Å². The molecule has 1 amide bonds. The Hall–Kier alpha value is -3.91. The van der Waals surface area contributed by atoms with Crippen LogP contribution in [0, 0.1) is 28.9 Å². The fourth-order valence-corrected chi connectivity index (χ4v) is 2.52. The summed E-state index contributed by atoms with van der Waals surface area (Å²) in [5.74, 6) is 9.88. The van der Waals surface area contributed by atoms with Crippen LogP contribution >= 0.6 is 0 Å². The van der Waals surface area contributed by atoms with Crippen LogP contribution in [-0.2, 0) is 0 Å². The van der Waals surface area contributed by atoms with Crippen molar-refractivity contribution >= 4 is 16.8 Å². The summed E-state index contributed by atoms with van der Waals surface area (Å²) in [4.78, 5) is 16.5. The Balaban J connectivity index is 2.01. The van der Waals surface area contributed by atoms with Crippen molar-refractivity contribution in [1.29, 1.82) is 0 Å². The smallest absolute Gasteiger partial charge is 0.275 e. The van der Waals surface area contributed by atoms with E-state index in [9.17, 15) is 10.0 Å². The molecule has 0 radical (unpaired) electrons. The Morgan fingerprint density at radius 1 is 1.25 bits per heavy atom. The van der Waals surface area contributed by atoms with Gasteiger partial charge in [0, 0.05) is 17.2 Å². The van der Waals surface area contributed by atoms with E-state index >= 15 is 0 Å². The van der Waals surface area contributed by atoms with Crippen molar-refractivity contribution < 1.29 is 19.8 Å². The topological polar surface area (TPSA) is 109 Å². The summed E-state index contributed by atoms with van der Waals surface area (Å²) in [6, 6.07) is 10.1. The molecule has 28 heavy (non-hydrogen) atoms. The van der Waals surface area contributed by atoms with Gasteiger partial charge < -0.3 is 10.3 Å². The molecule has 3 aromatic rings. The second kappa shape index (κ2) is 8.19. The summed E-state index contributed by atoms with van der Waals surface area (Å²) in [6.45, 7) is 1.56. The summed E-state index contributed by atoms with van der Waals surface area (Å²) < 4.78 is 0.561. The average molecular weight is 373 g/mol. The molecule has 0 spiro atoms. The molecule has 1 unspecified atom stereocenters. The maximum Gasteiger partial charge on any atom is 0.275 e. The van der Waals surface area contributed by atoms with Crippen molar-refractivity contribution in [2.75, 3.05) is 0 Å². The van der Waals surface area contributed by atoms with Crippen LogP contribution in [0.3, 0.4) is 0 Å². The van der Waals surface area contributed by atoms with E-state index in [1.807, 2.05) is 0 Å². The number of hydroxylamine groups is 1. The van der Waals surface area contributed by atoms with E-state index in [1.165, 1.54) is 24.5 Å². The number of amides is 1. The number of aliphatic hydroxyl groups is 1. The van der Waals surface area contributed by atoms with Crippen LogP contribution in [-0.4, -0.2) is 27.3 Å². The molecule has 1 atom stereocenters. The minimum atomic E-state index is -0.737. The van der Waals surface area contributed by atoms with E-state index in [-0.39, 0.29) is 5.56 Å². The molecule has 0 saturated carbocycles. The van der Waals surface area contributed by atoms with E-state index < -0.39 is 12.0 Å². The van der Waals surface area contributed by atoms with Crippen LogP contribution in [0.1, 0.15) is 22.8 Å². The number of carbonyl (C=O) groups is 1. The Bertz CT molecular complexity index is 1160. The van der Waals surface area contributed by atoms with Crippen LogP contribution in [0.4, 0.5) is 0 Å². The number of pyridine rings is 2. The summed E-state index contributed by atoms with van der Waals surface area (Å²) in [6.07, 6.45) is 1.79. The highest BCUT2D eigenvalue weighted by molar-refractivity contribution is 6.06. The molecule has 0 bridgehead atoms. The molecule has 7 heteroatoms. The lowest BCUT2D eigenvalue weighted by Gasteiger charge is -2.08. The number of hydrogen-bond acceptors (Lipinski definition) is 5. The van der Waals surface area contributed by atoms with Gasteiger partial charge in [-0.25, -0.2) is 10.5 Å². The van der Waals surface area contributed by atoms with Gasteiger partial charge in [-0.15, -0.1) is 0 Å². The Morgan fingerprint density at radius 3 is 2.68 bits per heavy atom. The van der Waals surface area contributed by atoms with Crippen molar-refractivity contribution in [3.63, 3.8) is 0 Å². The van der Waals surface area contributed by atoms with E-state index in [0.717, 1.165) is 11.1 Å². The summed E-state index contributed by atoms with van der Waals surface area (Å²) in [7, 11) is 0. The molecule has 0 saturated heterocycles. The van der Waals surface area contributed by atoms with Crippen LogP contribution in [0.5, 0.6) is 0 Å². The van der Waals surface area contributed by atoms with Gasteiger partial charge in [0.2, 0.25) is 0 Å². The molecule has 0 aliphatic carbocycles. The zero-order valence-corrected chi connectivity index (χ0v) is 14.8. The Labute approximate surface area is 160 Å². The summed E-state index contributed by atoms with van der Waals surface area (Å²) in [5.41, 5.74) is 4.12. The van der Waals surface area contributed by atoms with Gasteiger partial charge in [0.05, 0.1) is 22.2 Å². The van der Waals surface area contributed by atoms with Gasteiger partial charge in [-0.05, 0) is 37.0 Å². The van der Waals surface area contributed by atoms with Crippen LogP contribution in [0.15, 0.2) is 48.8 Å². The number of aromatic nitrogens is 2. The number of nitrogens with zero attached hydrogens (tertiary/aromatic N) is 2. The first kappa shape index (κ1) is 18.9. The van der Waals surface area contributed by atoms with Crippen LogP contribution in [0.2, 0.25) is 0 Å². The second-order valence-electron chi connectivity index (χ2n) is 5.87. The first-order valence-corrected chi connectivity index (χ1v) is 8.26. The molecule has 0 aliphatic heterocycles. The highest BCUT2D eigenvalue weighted by Crippen LogP contribution is 2.24. The minimum absolute atomic E-state index is 0.130. The number of hydrogen-bond donors (Lipinski definition) is 3. The normalized spacial score (nSPS) is 11.0. The fourth-order valence-electron chi connectivity index (χ4n) is 2.52. The standard InChI is InChI=1S/C21H15N3O4/c1-14(25)4-2-3-5-15-6-8-16(9-7-15)20-12-17(21(26)23-27)18-13-24(28)11-10-19(18)22-20/h6-14,25,27H,1H3,(H,23,26). The molecule has 138 valence electrons. The Morgan fingerprint density at radius 2 is 2.00 bits per heavy atom. The molecule has 7 nitrogen and oxygen atoms in total. The van der Waals surface area contributed by atoms with Gasteiger partial charge in [0.1, 0.15) is 6.10 Å². The lowest BCUT2D eigenvalue weighted by molar-refractivity contribution is -0.603. The van der Waals surface area contributed by atoms with Gasteiger partial charge >= 0.3 is 0 Å². The van der Waals surface area contributed by atoms with E-state index in [0.29, 0.717) is 21.3 Å². The number of benzene rings is 1. The number of carbonyl (C=O) groups excluding carboxylic acids is 1. The predicted octanol–water partition coefficient (Wildman–Crippen LogP) is 1.39. The third kappa shape index (κ3) is 4.25. The summed E-state index contributed by atoms with van der Waals surface area (Å²) >= 11 is 0. The van der Waals surface area contributed by atoms with Gasteiger partial charge in [0.15, 0.2) is 12.4 Å². The number of aliphatic hydroxyl groups excluding tert-OH is 1. The zero-order chi connectivity index (χ0) is 20.1. The maximum absolute atomic E-state index is 12.0. The monoisotopic (exact) mass is 373 g/mol. The Kier molecular flexibility index (Phi) is 5.52. The van der Waals surface area contributed by atoms with Gasteiger partial charge in [-0.2, -0.15) is 4.73 Å². The van der Waals surface area contributed by atoms with Gasteiger partial charge in [0.25, 0.3) is 5.91 Å². The van der Waals surface area contributed by atoms with Crippen LogP contribution < -0.4 is 10.2 Å². The van der Waals surface area contributed by atoms with Gasteiger partial charge in [-0.3, -0.25) is 10.0 Å². The first-order valence-electron chi connectivity index (χ1n) is 8.26. The largest absolute Gasteiger partial charge is 0.619 e. The fraction of sp³-hybridized carbons (Fsp3) is 0.0952. The van der Waals surface area contributed by atoms with E-state index in [4.69, 9.17) is 10.3 Å². The van der Waals surface area contributed by atoms with Crippen molar-refractivity contribution in [3.05, 3.63) is 65.1 Å². The van der Waals surface area contributed by atoms with Crippen molar-refractivity contribution in [2.45, 2.75) is 13.0 Å². The first-order chi connectivity index (χ1) is 13.5. The predicted molar refractivity (Wildman–Crippen MR) is 102 cm³/mol. The molecule has 0 aliphatic rings. The number of nitrogens with one attached hydrogen (secondary N) is 1. The number of rotatable bonds is 2. The molecule has 2 aromatic heterocycles. The third-order valence-electron chi connectivity index (χ3n) is 3.80. The highest BCUT2D eigenvalue weighted by atomic mass is 16.5. The van der Waals surface area contributed by atoms with Crippen molar-refractivity contribution in [2.24, 2.45) is 0 Å². The lowest BCUT2D eigenvalue weighted by Crippen LogP contribution is -2.25. The second-order valence-corrected chi connectivity index (χ2v) is 5.87. The molecule has 3 rings (SSSR count). The van der Waals surface area contributed by atoms with Crippen LogP contribution in [0.25, 0.3) is 22.2 Å². The maximum atomic E-state index is 12.0. The van der Waals surface area contributed by atoms with Crippen molar-refractivity contribution in [3.8, 4) is 34.9 Å². The van der Waals surface area contributed by atoms with Crippen molar-refractivity contribution in [1.82, 2.24) is 10.5 Å². The number of fused-ring (bicyclic) bond motifs is 1. The molecule has 2 heterocycles. The van der Waals surface area contributed by atoms with Gasteiger partial charge in [-0.1, -0.05) is 24.0 Å². The zero-order valence-electron chi connectivity index (χ0n) is 14.8.